The summed E-state index contributed by atoms with van der Waals surface area (Å²) in [4.78, 5) is 4.77. The van der Waals surface area contributed by atoms with Crippen LogP contribution in [-0.2, 0) is 10.0 Å². The molecule has 32 heavy (non-hydrogen) atoms. The summed E-state index contributed by atoms with van der Waals surface area (Å²) in [6, 6.07) is 7.43. The molecule has 0 amide bonds. The van der Waals surface area contributed by atoms with Crippen molar-refractivity contribution in [3.63, 3.8) is 0 Å². The summed E-state index contributed by atoms with van der Waals surface area (Å²) in [6.45, 7) is 7.81. The van der Waals surface area contributed by atoms with Gasteiger partial charge in [0.05, 0.1) is 12.0 Å². The number of hydrogen-bond acceptors (Lipinski definition) is 7. The Labute approximate surface area is 191 Å². The highest BCUT2D eigenvalue weighted by Crippen LogP contribution is 2.29. The van der Waals surface area contributed by atoms with Crippen molar-refractivity contribution in [2.24, 2.45) is 0 Å². The largest absolute Gasteiger partial charge is 0.496 e. The maximum Gasteiger partial charge on any atom is 0.243 e. The van der Waals surface area contributed by atoms with Gasteiger partial charge in [-0.15, -0.1) is 10.2 Å². The summed E-state index contributed by atoms with van der Waals surface area (Å²) in [5.41, 5.74) is 1.59. The van der Waals surface area contributed by atoms with Gasteiger partial charge in [-0.3, -0.25) is 0 Å². The zero-order valence-electron chi connectivity index (χ0n) is 19.2. The first-order valence-corrected chi connectivity index (χ1v) is 12.8. The number of anilines is 2. The van der Waals surface area contributed by atoms with E-state index in [1.165, 1.54) is 25.7 Å². The molecule has 0 aliphatic carbocycles. The minimum absolute atomic E-state index is 0.353. The van der Waals surface area contributed by atoms with Crippen LogP contribution in [0.3, 0.4) is 0 Å². The number of sulfonamides is 1. The smallest absolute Gasteiger partial charge is 0.243 e. The number of hydrogen-bond donors (Lipinski definition) is 0. The minimum Gasteiger partial charge on any atom is -0.496 e. The molecule has 2 aliphatic heterocycles. The van der Waals surface area contributed by atoms with Gasteiger partial charge in [-0.05, 0) is 62.1 Å². The molecular weight excluding hydrogens is 426 g/mol. The number of benzene rings is 1. The molecule has 4 rings (SSSR count). The predicted molar refractivity (Wildman–Crippen MR) is 126 cm³/mol. The fourth-order valence-corrected chi connectivity index (χ4v) is 6.23. The maximum absolute atomic E-state index is 13.3. The van der Waals surface area contributed by atoms with E-state index in [-0.39, 0.29) is 0 Å². The van der Waals surface area contributed by atoms with Gasteiger partial charge in [-0.1, -0.05) is 12.8 Å². The molecule has 2 aliphatic rings. The van der Waals surface area contributed by atoms with E-state index in [9.17, 15) is 8.42 Å². The number of nitrogens with zero attached hydrogens (tertiary/aromatic N) is 5. The van der Waals surface area contributed by atoms with E-state index < -0.39 is 10.0 Å². The molecule has 2 aromatic rings. The Morgan fingerprint density at radius 1 is 0.750 bits per heavy atom. The van der Waals surface area contributed by atoms with Crippen LogP contribution >= 0.6 is 0 Å². The van der Waals surface area contributed by atoms with Gasteiger partial charge in [0, 0.05) is 39.3 Å². The Bertz CT molecular complexity index is 1030. The molecule has 0 N–H and O–H groups in total. The third-order valence-corrected chi connectivity index (χ3v) is 8.70. The molecule has 9 heteroatoms. The highest BCUT2D eigenvalue weighted by molar-refractivity contribution is 7.89. The van der Waals surface area contributed by atoms with E-state index in [4.69, 9.17) is 4.74 Å². The van der Waals surface area contributed by atoms with Crippen molar-refractivity contribution in [1.29, 1.82) is 0 Å². The number of aromatic nitrogens is 2. The van der Waals surface area contributed by atoms with Crippen LogP contribution < -0.4 is 14.5 Å². The minimum atomic E-state index is -3.56. The Morgan fingerprint density at radius 2 is 1.31 bits per heavy atom. The predicted octanol–water partition coefficient (Wildman–Crippen LogP) is 2.99. The van der Waals surface area contributed by atoms with Gasteiger partial charge in [0.15, 0.2) is 11.6 Å². The number of piperazine rings is 1. The van der Waals surface area contributed by atoms with Crippen LogP contribution in [0.5, 0.6) is 5.75 Å². The lowest BCUT2D eigenvalue weighted by Crippen LogP contribution is -2.49. The fraction of sp³-hybridized carbons (Fsp3) is 0.565. The molecule has 0 unspecified atom stereocenters. The standard InChI is InChI=1S/C23H33N5O3S/c1-18-19(2)21(9-8-20(18)31-3)32(29,30)28-16-14-27(15-17-28)23-11-10-22(24-25-23)26-12-6-4-5-7-13-26/h8-11H,4-7,12-17H2,1-3H3. The van der Waals surface area contributed by atoms with Gasteiger partial charge in [0.1, 0.15) is 5.75 Å². The first-order valence-electron chi connectivity index (χ1n) is 11.4. The highest BCUT2D eigenvalue weighted by Gasteiger charge is 2.31. The van der Waals surface area contributed by atoms with E-state index >= 15 is 0 Å². The average Bonchev–Trinajstić information content (AvgIpc) is 3.10. The van der Waals surface area contributed by atoms with E-state index in [0.717, 1.165) is 35.9 Å². The second-order valence-electron chi connectivity index (χ2n) is 8.56. The maximum atomic E-state index is 13.3. The topological polar surface area (TPSA) is 78.9 Å². The molecule has 3 heterocycles. The van der Waals surface area contributed by atoms with Gasteiger partial charge in [-0.25, -0.2) is 8.42 Å². The monoisotopic (exact) mass is 459 g/mol. The molecule has 0 radical (unpaired) electrons. The fourth-order valence-electron chi connectivity index (χ4n) is 4.52. The molecule has 0 atom stereocenters. The Morgan fingerprint density at radius 3 is 1.84 bits per heavy atom. The van der Waals surface area contributed by atoms with E-state index in [0.29, 0.717) is 36.8 Å². The van der Waals surface area contributed by atoms with Crippen LogP contribution in [0.25, 0.3) is 0 Å². The lowest BCUT2D eigenvalue weighted by Gasteiger charge is -2.35. The van der Waals surface area contributed by atoms with Crippen LogP contribution in [0.1, 0.15) is 36.8 Å². The summed E-state index contributed by atoms with van der Waals surface area (Å²) in [5, 5.41) is 8.91. The first-order chi connectivity index (χ1) is 15.4. The number of rotatable bonds is 5. The SMILES string of the molecule is COc1ccc(S(=O)(=O)N2CCN(c3ccc(N4CCCCCC4)nn3)CC2)c(C)c1C. The van der Waals surface area contributed by atoms with Crippen LogP contribution in [-0.4, -0.2) is 69.3 Å². The summed E-state index contributed by atoms with van der Waals surface area (Å²) >= 11 is 0. The van der Waals surface area contributed by atoms with Gasteiger partial charge in [0.25, 0.3) is 0 Å². The van der Waals surface area contributed by atoms with E-state index in [1.54, 1.807) is 23.5 Å². The van der Waals surface area contributed by atoms with Crippen molar-refractivity contribution in [2.75, 3.05) is 56.2 Å². The molecule has 0 bridgehead atoms. The third-order valence-electron chi connectivity index (χ3n) is 6.65. The van der Waals surface area contributed by atoms with Crippen LogP contribution in [0.15, 0.2) is 29.2 Å². The summed E-state index contributed by atoms with van der Waals surface area (Å²) < 4.78 is 33.5. The summed E-state index contributed by atoms with van der Waals surface area (Å²) in [7, 11) is -1.97. The lowest BCUT2D eigenvalue weighted by atomic mass is 10.1. The molecule has 1 aromatic carbocycles. The normalized spacial score (nSPS) is 18.5. The van der Waals surface area contributed by atoms with Gasteiger partial charge in [0.2, 0.25) is 10.0 Å². The quantitative estimate of drug-likeness (QED) is 0.680. The van der Waals surface area contributed by atoms with Crippen molar-refractivity contribution in [2.45, 2.75) is 44.4 Å². The second kappa shape index (κ2) is 9.62. The van der Waals surface area contributed by atoms with E-state index in [1.807, 2.05) is 26.0 Å². The molecule has 2 fully saturated rings. The molecular formula is C23H33N5O3S. The molecule has 0 spiro atoms. The lowest BCUT2D eigenvalue weighted by molar-refractivity contribution is 0.382. The van der Waals surface area contributed by atoms with Crippen molar-refractivity contribution in [1.82, 2.24) is 14.5 Å². The second-order valence-corrected chi connectivity index (χ2v) is 10.5. The number of methoxy groups -OCH3 is 1. The summed E-state index contributed by atoms with van der Waals surface area (Å²) in [6.07, 6.45) is 4.97. The van der Waals surface area contributed by atoms with Gasteiger partial charge < -0.3 is 14.5 Å². The van der Waals surface area contributed by atoms with Crippen LogP contribution in [0.4, 0.5) is 11.6 Å². The molecule has 8 nitrogen and oxygen atoms in total. The first kappa shape index (κ1) is 22.8. The average molecular weight is 460 g/mol. The van der Waals surface area contributed by atoms with Crippen molar-refractivity contribution in [3.05, 3.63) is 35.4 Å². The van der Waals surface area contributed by atoms with Crippen LogP contribution in [0, 0.1) is 13.8 Å². The summed E-state index contributed by atoms with van der Waals surface area (Å²) in [5.74, 6) is 2.44. The molecule has 0 saturated carbocycles. The molecule has 1 aromatic heterocycles. The Hall–Kier alpha value is -2.39. The van der Waals surface area contributed by atoms with Gasteiger partial charge >= 0.3 is 0 Å². The van der Waals surface area contributed by atoms with Crippen LogP contribution in [0.2, 0.25) is 0 Å². The zero-order chi connectivity index (χ0) is 22.7. The third kappa shape index (κ3) is 4.54. The Kier molecular flexibility index (Phi) is 6.85. The van der Waals surface area contributed by atoms with Crippen molar-refractivity contribution >= 4 is 21.7 Å². The van der Waals surface area contributed by atoms with E-state index in [2.05, 4.69) is 20.0 Å². The van der Waals surface area contributed by atoms with Crippen molar-refractivity contribution < 1.29 is 13.2 Å². The number of ether oxygens (including phenoxy) is 1. The Balaban J connectivity index is 1.42. The highest BCUT2D eigenvalue weighted by atomic mass is 32.2. The van der Waals surface area contributed by atoms with Gasteiger partial charge in [-0.2, -0.15) is 4.31 Å². The molecule has 174 valence electrons. The van der Waals surface area contributed by atoms with Crippen molar-refractivity contribution in [3.8, 4) is 5.75 Å². The zero-order valence-corrected chi connectivity index (χ0v) is 20.1. The molecule has 2 saturated heterocycles.